The summed E-state index contributed by atoms with van der Waals surface area (Å²) in [5.41, 5.74) is 0.416. The fourth-order valence-electron chi connectivity index (χ4n) is 2.94. The number of aryl methyl sites for hydroxylation is 1. The number of urea groups is 1. The topological polar surface area (TPSA) is 84.9 Å². The van der Waals surface area contributed by atoms with Gasteiger partial charge in [-0.1, -0.05) is 29.8 Å². The first-order valence-electron chi connectivity index (χ1n) is 9.05. The molecule has 8 heteroatoms. The molecule has 1 atom stereocenters. The van der Waals surface area contributed by atoms with Crippen LogP contribution in [0.15, 0.2) is 48.5 Å². The molecule has 7 nitrogen and oxygen atoms in total. The van der Waals surface area contributed by atoms with E-state index < -0.39 is 30.0 Å². The molecule has 1 aliphatic rings. The summed E-state index contributed by atoms with van der Waals surface area (Å²) in [6.07, 6.45) is 0. The van der Waals surface area contributed by atoms with Crippen LogP contribution in [0.1, 0.15) is 18.1 Å². The van der Waals surface area contributed by atoms with E-state index in [4.69, 9.17) is 9.47 Å². The molecule has 1 N–H and O–H groups in total. The second kappa shape index (κ2) is 8.30. The lowest BCUT2D eigenvalue weighted by Gasteiger charge is -2.22. The molecular weight excluding hydrogens is 379 g/mol. The first-order chi connectivity index (χ1) is 13.8. The van der Waals surface area contributed by atoms with Crippen molar-refractivity contribution in [1.82, 2.24) is 10.2 Å². The minimum atomic E-state index is -1.24. The zero-order valence-electron chi connectivity index (χ0n) is 16.1. The molecule has 29 heavy (non-hydrogen) atoms. The van der Waals surface area contributed by atoms with E-state index in [1.807, 2.05) is 19.1 Å². The van der Waals surface area contributed by atoms with Gasteiger partial charge < -0.3 is 14.8 Å². The second-order valence-electron chi connectivity index (χ2n) is 6.84. The van der Waals surface area contributed by atoms with Crippen molar-refractivity contribution in [3.8, 4) is 5.75 Å². The summed E-state index contributed by atoms with van der Waals surface area (Å²) in [5.74, 6) is -1.20. The van der Waals surface area contributed by atoms with Crippen LogP contribution in [0.25, 0.3) is 0 Å². The number of halogens is 1. The number of imide groups is 1. The molecule has 0 saturated carbocycles. The summed E-state index contributed by atoms with van der Waals surface area (Å²) in [6.45, 7) is 3.00. The molecule has 3 rings (SSSR count). The molecular formula is C21H21FN2O5. The molecule has 0 bridgehead atoms. The van der Waals surface area contributed by atoms with Gasteiger partial charge in [0.25, 0.3) is 5.91 Å². The molecule has 1 heterocycles. The van der Waals surface area contributed by atoms with Gasteiger partial charge >= 0.3 is 12.0 Å². The van der Waals surface area contributed by atoms with Gasteiger partial charge in [0.05, 0.1) is 0 Å². The number of carbonyl (C=O) groups is 3. The second-order valence-corrected chi connectivity index (χ2v) is 6.84. The fraction of sp³-hybridized carbons (Fsp3) is 0.286. The number of hydrogen-bond acceptors (Lipinski definition) is 5. The Morgan fingerprint density at radius 1 is 1.07 bits per heavy atom. The van der Waals surface area contributed by atoms with Crippen molar-refractivity contribution < 1.29 is 28.2 Å². The average Bonchev–Trinajstić information content (AvgIpc) is 2.91. The summed E-state index contributed by atoms with van der Waals surface area (Å²) in [4.78, 5) is 37.9. The van der Waals surface area contributed by atoms with Gasteiger partial charge in [0.15, 0.2) is 0 Å². The van der Waals surface area contributed by atoms with Gasteiger partial charge in [-0.25, -0.2) is 9.18 Å². The normalized spacial score (nSPS) is 18.5. The number of carbonyl (C=O) groups excluding carboxylic acids is 3. The lowest BCUT2D eigenvalue weighted by molar-refractivity contribution is -0.148. The molecule has 0 spiro atoms. The van der Waals surface area contributed by atoms with E-state index in [2.05, 4.69) is 5.32 Å². The third kappa shape index (κ3) is 4.53. The van der Waals surface area contributed by atoms with Crippen molar-refractivity contribution in [3.63, 3.8) is 0 Å². The molecule has 2 aromatic rings. The highest BCUT2D eigenvalue weighted by Crippen LogP contribution is 2.28. The van der Waals surface area contributed by atoms with Gasteiger partial charge in [-0.2, -0.15) is 0 Å². The number of nitrogens with zero attached hydrogens (tertiary/aromatic N) is 1. The van der Waals surface area contributed by atoms with Crippen molar-refractivity contribution in [2.24, 2.45) is 0 Å². The van der Waals surface area contributed by atoms with Crippen LogP contribution in [0.2, 0.25) is 0 Å². The van der Waals surface area contributed by atoms with Crippen LogP contribution in [0.4, 0.5) is 9.18 Å². The van der Waals surface area contributed by atoms with E-state index >= 15 is 0 Å². The predicted molar refractivity (Wildman–Crippen MR) is 102 cm³/mol. The van der Waals surface area contributed by atoms with Crippen molar-refractivity contribution in [3.05, 3.63) is 65.5 Å². The van der Waals surface area contributed by atoms with Crippen LogP contribution in [-0.4, -0.2) is 42.6 Å². The standard InChI is InChI=1S/C21H21FN2O5/c1-14-3-5-15(6-4-14)21(2)19(26)24(20(27)23-21)13-18(25)29-12-11-28-17-9-7-16(22)8-10-17/h3-10H,11-13H2,1-2H3,(H,23,27)/t21-/m0/s1. The van der Waals surface area contributed by atoms with Crippen LogP contribution < -0.4 is 10.1 Å². The maximum absolute atomic E-state index is 12.8. The molecule has 0 aliphatic carbocycles. The SMILES string of the molecule is Cc1ccc([C@]2(C)NC(=O)N(CC(=O)OCCOc3ccc(F)cc3)C2=O)cc1. The predicted octanol–water partition coefficient (Wildman–Crippen LogP) is 2.52. The average molecular weight is 400 g/mol. The van der Waals surface area contributed by atoms with E-state index in [1.165, 1.54) is 24.3 Å². The molecule has 152 valence electrons. The fourth-order valence-corrected chi connectivity index (χ4v) is 2.94. The van der Waals surface area contributed by atoms with Gasteiger partial charge in [-0.15, -0.1) is 0 Å². The highest BCUT2D eigenvalue weighted by atomic mass is 19.1. The maximum Gasteiger partial charge on any atom is 0.326 e. The third-order valence-electron chi connectivity index (χ3n) is 4.62. The lowest BCUT2D eigenvalue weighted by Crippen LogP contribution is -2.41. The summed E-state index contributed by atoms with van der Waals surface area (Å²) >= 11 is 0. The number of benzene rings is 2. The van der Waals surface area contributed by atoms with Crippen molar-refractivity contribution in [2.45, 2.75) is 19.4 Å². The highest BCUT2D eigenvalue weighted by Gasteiger charge is 2.49. The molecule has 1 saturated heterocycles. The highest BCUT2D eigenvalue weighted by molar-refractivity contribution is 6.08. The van der Waals surface area contributed by atoms with Crippen molar-refractivity contribution in [2.75, 3.05) is 19.8 Å². The Balaban J connectivity index is 1.52. The van der Waals surface area contributed by atoms with E-state index in [0.29, 0.717) is 11.3 Å². The Hall–Kier alpha value is -3.42. The summed E-state index contributed by atoms with van der Waals surface area (Å²) in [7, 11) is 0. The van der Waals surface area contributed by atoms with Gasteiger partial charge in [-0.05, 0) is 43.7 Å². The molecule has 1 aliphatic heterocycles. The number of ether oxygens (including phenoxy) is 2. The zero-order valence-corrected chi connectivity index (χ0v) is 16.1. The molecule has 0 unspecified atom stereocenters. The Morgan fingerprint density at radius 2 is 1.72 bits per heavy atom. The van der Waals surface area contributed by atoms with Gasteiger partial charge in [0.1, 0.15) is 36.9 Å². The summed E-state index contributed by atoms with van der Waals surface area (Å²) < 4.78 is 23.2. The molecule has 0 radical (unpaired) electrons. The van der Waals surface area contributed by atoms with Crippen molar-refractivity contribution in [1.29, 1.82) is 0 Å². The molecule has 0 aromatic heterocycles. The van der Waals surface area contributed by atoms with Crippen LogP contribution in [0.5, 0.6) is 5.75 Å². The lowest BCUT2D eigenvalue weighted by atomic mass is 9.91. The molecule has 3 amide bonds. The van der Waals surface area contributed by atoms with E-state index in [-0.39, 0.29) is 19.0 Å². The third-order valence-corrected chi connectivity index (χ3v) is 4.62. The van der Waals surface area contributed by atoms with E-state index in [9.17, 15) is 18.8 Å². The van der Waals surface area contributed by atoms with Crippen LogP contribution >= 0.6 is 0 Å². The minimum Gasteiger partial charge on any atom is -0.490 e. The molecule has 2 aromatic carbocycles. The molecule has 1 fully saturated rings. The Bertz CT molecular complexity index is 914. The van der Waals surface area contributed by atoms with E-state index in [1.54, 1.807) is 19.1 Å². The minimum absolute atomic E-state index is 0.0542. The van der Waals surface area contributed by atoms with Gasteiger partial charge in [0.2, 0.25) is 0 Å². The Labute approximate surface area is 167 Å². The van der Waals surface area contributed by atoms with Gasteiger partial charge in [-0.3, -0.25) is 14.5 Å². The van der Waals surface area contributed by atoms with E-state index in [0.717, 1.165) is 10.5 Å². The summed E-state index contributed by atoms with van der Waals surface area (Å²) in [5, 5.41) is 2.64. The Morgan fingerprint density at radius 3 is 2.38 bits per heavy atom. The smallest absolute Gasteiger partial charge is 0.326 e. The van der Waals surface area contributed by atoms with Crippen LogP contribution in [0.3, 0.4) is 0 Å². The first-order valence-corrected chi connectivity index (χ1v) is 9.05. The number of amides is 3. The quantitative estimate of drug-likeness (QED) is 0.439. The van der Waals surface area contributed by atoms with Crippen LogP contribution in [0, 0.1) is 12.7 Å². The van der Waals surface area contributed by atoms with Crippen molar-refractivity contribution >= 4 is 17.9 Å². The first kappa shape index (κ1) is 20.3. The zero-order chi connectivity index (χ0) is 21.0. The largest absolute Gasteiger partial charge is 0.490 e. The number of rotatable bonds is 7. The monoisotopic (exact) mass is 400 g/mol. The number of hydrogen-bond donors (Lipinski definition) is 1. The number of nitrogens with one attached hydrogen (secondary N) is 1. The number of esters is 1. The summed E-state index contributed by atoms with van der Waals surface area (Å²) in [6, 6.07) is 12.0. The maximum atomic E-state index is 12.8. The van der Waals surface area contributed by atoms with Gasteiger partial charge in [0, 0.05) is 0 Å². The Kier molecular flexibility index (Phi) is 5.81. The van der Waals surface area contributed by atoms with Crippen LogP contribution in [-0.2, 0) is 19.9 Å².